The minimum atomic E-state index is 0.0469. The van der Waals surface area contributed by atoms with Gasteiger partial charge in [-0.3, -0.25) is 0 Å². The average Bonchev–Trinajstić information content (AvgIpc) is 2.58. The summed E-state index contributed by atoms with van der Waals surface area (Å²) in [5, 5.41) is 7.90. The molecule has 0 aromatic carbocycles. The van der Waals surface area contributed by atoms with E-state index in [-0.39, 0.29) is 11.7 Å². The van der Waals surface area contributed by atoms with Crippen LogP contribution < -0.4 is 22.1 Å². The van der Waals surface area contributed by atoms with Crippen molar-refractivity contribution in [3.05, 3.63) is 12.1 Å². The van der Waals surface area contributed by atoms with Crippen molar-refractivity contribution in [1.29, 1.82) is 0 Å². The van der Waals surface area contributed by atoms with Crippen molar-refractivity contribution in [2.24, 2.45) is 5.73 Å². The molecule has 0 spiro atoms. The van der Waals surface area contributed by atoms with Crippen LogP contribution in [-0.4, -0.2) is 10.4 Å². The fraction of sp³-hybridized carbons (Fsp3) is 0. The Hall–Kier alpha value is -2.12. The molecule has 0 aliphatic carbocycles. The van der Waals surface area contributed by atoms with Crippen molar-refractivity contribution in [1.82, 2.24) is 15.8 Å². The van der Waals surface area contributed by atoms with Crippen LogP contribution in [-0.2, 0) is 4.84 Å². The van der Waals surface area contributed by atoms with E-state index in [1.807, 2.05) is 0 Å². The number of rotatable bonds is 1. The molecule has 1 aliphatic heterocycles. The molecule has 1 aromatic heterocycles. The molecule has 2 heterocycles. The maximum atomic E-state index is 5.35. The van der Waals surface area contributed by atoms with E-state index in [0.717, 1.165) is 5.17 Å². The highest BCUT2D eigenvalue weighted by atomic mass is 16.7. The third-order valence-corrected chi connectivity index (χ3v) is 1.20. The molecule has 0 bridgehead atoms. The van der Waals surface area contributed by atoms with Gasteiger partial charge in [-0.1, -0.05) is 10.3 Å². The van der Waals surface area contributed by atoms with Crippen LogP contribution in [0.1, 0.15) is 0 Å². The van der Waals surface area contributed by atoms with Gasteiger partial charge in [0.25, 0.3) is 11.7 Å². The molecule has 0 atom stereocenters. The van der Waals surface area contributed by atoms with Crippen molar-refractivity contribution < 1.29 is 9.36 Å². The van der Waals surface area contributed by atoms with Gasteiger partial charge in [0.05, 0.1) is 0 Å². The normalized spacial score (nSPS) is 15.3. The van der Waals surface area contributed by atoms with Crippen molar-refractivity contribution in [2.45, 2.75) is 0 Å². The number of nitrogens with one attached hydrogen (secondary N) is 1. The van der Waals surface area contributed by atoms with Crippen molar-refractivity contribution >= 4 is 11.7 Å². The van der Waals surface area contributed by atoms with Crippen LogP contribution in [0.15, 0.2) is 16.6 Å². The van der Waals surface area contributed by atoms with Crippen molar-refractivity contribution in [3.63, 3.8) is 0 Å². The van der Waals surface area contributed by atoms with Gasteiger partial charge in [0.15, 0.2) is 12.1 Å². The maximum absolute atomic E-state index is 5.35. The van der Waals surface area contributed by atoms with Crippen molar-refractivity contribution in [3.8, 4) is 0 Å². The molecule has 8 heteroatoms. The summed E-state index contributed by atoms with van der Waals surface area (Å²) in [5.41, 5.74) is 13.3. The highest BCUT2D eigenvalue weighted by Crippen LogP contribution is 2.19. The largest absolute Gasteiger partial charge is 0.381 e. The van der Waals surface area contributed by atoms with E-state index >= 15 is 0 Å². The Bertz CT molecular complexity index is 319. The minimum absolute atomic E-state index is 0.0469. The zero-order valence-electron chi connectivity index (χ0n) is 5.89. The van der Waals surface area contributed by atoms with Crippen LogP contribution in [0.5, 0.6) is 0 Å². The third kappa shape index (κ3) is 0.856. The zero-order chi connectivity index (χ0) is 8.55. The average molecular weight is 170 g/mol. The molecular formula is C4H6N6O2. The fourth-order valence-corrected chi connectivity index (χ4v) is 0.716. The number of hydrazine groups is 1. The summed E-state index contributed by atoms with van der Waals surface area (Å²) in [6.07, 6.45) is 1.30. The number of nitrogens with zero attached hydrogens (tertiary/aromatic N) is 3. The molecule has 0 saturated carbocycles. The molecular weight excluding hydrogens is 164 g/mol. The number of hydrogen-bond donors (Lipinski definition) is 3. The first-order valence-electron chi connectivity index (χ1n) is 3.04. The summed E-state index contributed by atoms with van der Waals surface area (Å²) < 4.78 is 4.50. The number of nitrogens with two attached hydrogens (primary N) is 2. The van der Waals surface area contributed by atoms with Crippen LogP contribution in [0.2, 0.25) is 0 Å². The zero-order valence-corrected chi connectivity index (χ0v) is 5.89. The van der Waals surface area contributed by atoms with Gasteiger partial charge in [-0.05, 0) is 0 Å². The van der Waals surface area contributed by atoms with E-state index in [4.69, 9.17) is 16.3 Å². The molecule has 1 aromatic rings. The first-order chi connectivity index (χ1) is 5.77. The molecule has 0 radical (unpaired) electrons. The Morgan fingerprint density at radius 1 is 1.50 bits per heavy atom. The lowest BCUT2D eigenvalue weighted by Crippen LogP contribution is -2.33. The van der Waals surface area contributed by atoms with Crippen LogP contribution in [0.25, 0.3) is 0 Å². The van der Waals surface area contributed by atoms with Crippen LogP contribution >= 0.6 is 0 Å². The molecule has 5 N–H and O–H groups in total. The monoisotopic (exact) mass is 170 g/mol. The molecule has 0 fully saturated rings. The van der Waals surface area contributed by atoms with Gasteiger partial charge in [-0.2, -0.15) is 0 Å². The SMILES string of the molecule is NC1=CON(c2nnoc2N)N1. The Labute approximate surface area is 66.6 Å². The van der Waals surface area contributed by atoms with Crippen LogP contribution in [0.4, 0.5) is 11.7 Å². The molecule has 2 rings (SSSR count). The fourth-order valence-electron chi connectivity index (χ4n) is 0.716. The molecule has 8 nitrogen and oxygen atoms in total. The lowest BCUT2D eigenvalue weighted by atomic mass is 10.7. The first kappa shape index (κ1) is 6.58. The molecule has 0 unspecified atom stereocenters. The van der Waals surface area contributed by atoms with Gasteiger partial charge in [-0.15, -0.1) is 0 Å². The molecule has 12 heavy (non-hydrogen) atoms. The van der Waals surface area contributed by atoms with Gasteiger partial charge in [0, 0.05) is 5.27 Å². The molecule has 0 amide bonds. The highest BCUT2D eigenvalue weighted by Gasteiger charge is 2.20. The lowest BCUT2D eigenvalue weighted by Gasteiger charge is -2.11. The molecule has 0 saturated heterocycles. The maximum Gasteiger partial charge on any atom is 0.275 e. The second-order valence-electron chi connectivity index (χ2n) is 2.05. The van der Waals surface area contributed by atoms with E-state index in [0.29, 0.717) is 5.82 Å². The second kappa shape index (κ2) is 2.19. The van der Waals surface area contributed by atoms with Crippen LogP contribution in [0, 0.1) is 0 Å². The van der Waals surface area contributed by atoms with Gasteiger partial charge in [0.1, 0.15) is 0 Å². The Morgan fingerprint density at radius 2 is 2.33 bits per heavy atom. The Balaban J connectivity index is 2.18. The smallest absolute Gasteiger partial charge is 0.275 e. The highest BCUT2D eigenvalue weighted by molar-refractivity contribution is 5.52. The lowest BCUT2D eigenvalue weighted by molar-refractivity contribution is 0.218. The number of hydrogen-bond acceptors (Lipinski definition) is 8. The minimum Gasteiger partial charge on any atom is -0.381 e. The summed E-state index contributed by atoms with van der Waals surface area (Å²) in [6.45, 7) is 0. The van der Waals surface area contributed by atoms with E-state index in [9.17, 15) is 0 Å². The first-order valence-corrected chi connectivity index (χ1v) is 3.04. The Kier molecular flexibility index (Phi) is 1.20. The van der Waals surface area contributed by atoms with E-state index in [1.54, 1.807) is 0 Å². The number of nitrogen functional groups attached to an aromatic ring is 1. The van der Waals surface area contributed by atoms with Gasteiger partial charge >= 0.3 is 0 Å². The van der Waals surface area contributed by atoms with E-state index in [2.05, 4.69) is 20.3 Å². The van der Waals surface area contributed by atoms with Crippen molar-refractivity contribution in [2.75, 3.05) is 10.9 Å². The topological polar surface area (TPSA) is 115 Å². The van der Waals surface area contributed by atoms with Gasteiger partial charge in [0.2, 0.25) is 0 Å². The van der Waals surface area contributed by atoms with Crippen LogP contribution in [0.3, 0.4) is 0 Å². The summed E-state index contributed by atoms with van der Waals surface area (Å²) in [7, 11) is 0. The molecule has 1 aliphatic rings. The summed E-state index contributed by atoms with van der Waals surface area (Å²) >= 11 is 0. The summed E-state index contributed by atoms with van der Waals surface area (Å²) in [5.74, 6) is 0.620. The standard InChI is InChI=1S/C4H6N6O2/c5-2-1-11-10(8-2)4-3(6)12-9-7-4/h1,8H,5-6H2. The number of aromatic nitrogens is 2. The predicted octanol–water partition coefficient (Wildman–Crippen LogP) is -1.33. The van der Waals surface area contributed by atoms with Gasteiger partial charge < -0.3 is 20.8 Å². The summed E-state index contributed by atoms with van der Waals surface area (Å²) in [6, 6.07) is 0. The van der Waals surface area contributed by atoms with Gasteiger partial charge in [-0.25, -0.2) is 5.43 Å². The quantitative estimate of drug-likeness (QED) is 0.474. The van der Waals surface area contributed by atoms with E-state index < -0.39 is 0 Å². The van der Waals surface area contributed by atoms with E-state index in [1.165, 1.54) is 6.26 Å². The Morgan fingerprint density at radius 3 is 2.83 bits per heavy atom. The molecule has 64 valence electrons. The second-order valence-corrected chi connectivity index (χ2v) is 2.05. The predicted molar refractivity (Wildman–Crippen MR) is 37.7 cm³/mol. The summed E-state index contributed by atoms with van der Waals surface area (Å²) in [4.78, 5) is 4.88. The number of anilines is 2. The third-order valence-electron chi connectivity index (χ3n) is 1.20.